The predicted octanol–water partition coefficient (Wildman–Crippen LogP) is 2.98. The maximum absolute atomic E-state index is 6.36. The van der Waals surface area contributed by atoms with Gasteiger partial charge in [-0.3, -0.25) is 5.10 Å². The zero-order chi connectivity index (χ0) is 11.8. The van der Waals surface area contributed by atoms with Crippen molar-refractivity contribution in [1.29, 1.82) is 0 Å². The number of hydrogen-bond acceptors (Lipinski definition) is 3. The lowest BCUT2D eigenvalue weighted by atomic mass is 10.1. The van der Waals surface area contributed by atoms with Crippen molar-refractivity contribution in [2.75, 3.05) is 0 Å². The Balaban J connectivity index is 2.32. The van der Waals surface area contributed by atoms with Crippen molar-refractivity contribution >= 4 is 22.6 Å². The van der Waals surface area contributed by atoms with Gasteiger partial charge in [-0.1, -0.05) is 41.9 Å². The Bertz CT molecular complexity index is 676. The van der Waals surface area contributed by atoms with Crippen LogP contribution in [0.25, 0.3) is 22.3 Å². The van der Waals surface area contributed by atoms with Gasteiger partial charge in [0.1, 0.15) is 5.69 Å². The lowest BCUT2D eigenvalue weighted by molar-refractivity contribution is 1.01. The van der Waals surface area contributed by atoms with E-state index in [0.29, 0.717) is 16.4 Å². The van der Waals surface area contributed by atoms with Gasteiger partial charge in [0.15, 0.2) is 5.65 Å². The maximum Gasteiger partial charge on any atom is 0.179 e. The molecule has 1 N–H and O–H groups in total. The molecule has 0 aliphatic rings. The number of nitrogens with zero attached hydrogens (tertiary/aromatic N) is 3. The number of hydrogen-bond donors (Lipinski definition) is 1. The number of halogens is 1. The lowest BCUT2D eigenvalue weighted by Gasteiger charge is -2.03. The Kier molecular flexibility index (Phi) is 2.30. The molecule has 0 aliphatic carbocycles. The van der Waals surface area contributed by atoms with Crippen molar-refractivity contribution in [3.8, 4) is 11.3 Å². The van der Waals surface area contributed by atoms with Gasteiger partial charge in [-0.2, -0.15) is 5.10 Å². The average Bonchev–Trinajstić information content (AvgIpc) is 2.73. The molecule has 0 spiro atoms. The Hall–Kier alpha value is -1.94. The van der Waals surface area contributed by atoms with Crippen molar-refractivity contribution in [2.24, 2.45) is 0 Å². The molecule has 0 saturated carbocycles. The predicted molar refractivity (Wildman–Crippen MR) is 66.9 cm³/mol. The summed E-state index contributed by atoms with van der Waals surface area (Å²) < 4.78 is 0. The summed E-state index contributed by atoms with van der Waals surface area (Å²) in [7, 11) is 0. The molecule has 0 saturated heterocycles. The molecule has 5 heteroatoms. The summed E-state index contributed by atoms with van der Waals surface area (Å²) >= 11 is 6.36. The van der Waals surface area contributed by atoms with Crippen LogP contribution in [-0.2, 0) is 0 Å². The van der Waals surface area contributed by atoms with Crippen LogP contribution in [0.4, 0.5) is 0 Å². The highest BCUT2D eigenvalue weighted by molar-refractivity contribution is 6.37. The van der Waals surface area contributed by atoms with E-state index in [0.717, 1.165) is 16.6 Å². The summed E-state index contributed by atoms with van der Waals surface area (Å²) in [5.74, 6) is 0. The van der Waals surface area contributed by atoms with E-state index in [2.05, 4.69) is 20.4 Å². The molecule has 0 atom stereocenters. The van der Waals surface area contributed by atoms with Crippen molar-refractivity contribution < 1.29 is 0 Å². The van der Waals surface area contributed by atoms with Crippen LogP contribution in [0.5, 0.6) is 0 Å². The first kappa shape index (κ1) is 10.2. The molecule has 0 aliphatic heterocycles. The van der Waals surface area contributed by atoms with E-state index in [4.69, 9.17) is 11.6 Å². The summed E-state index contributed by atoms with van der Waals surface area (Å²) in [6.45, 7) is 1.89. The summed E-state index contributed by atoms with van der Waals surface area (Å²) in [6, 6.07) is 9.75. The van der Waals surface area contributed by atoms with Gasteiger partial charge in [0.05, 0.1) is 16.1 Å². The number of aryl methyl sites for hydroxylation is 1. The Morgan fingerprint density at radius 3 is 2.65 bits per heavy atom. The normalized spacial score (nSPS) is 10.9. The third-order valence-electron chi connectivity index (χ3n) is 2.65. The number of nitrogens with one attached hydrogen (secondary N) is 1. The summed E-state index contributed by atoms with van der Waals surface area (Å²) in [6.07, 6.45) is 0. The van der Waals surface area contributed by atoms with E-state index in [-0.39, 0.29) is 0 Å². The van der Waals surface area contributed by atoms with E-state index in [1.165, 1.54) is 0 Å². The van der Waals surface area contributed by atoms with E-state index < -0.39 is 0 Å². The minimum Gasteiger partial charge on any atom is -0.259 e. The molecule has 0 bridgehead atoms. The topological polar surface area (TPSA) is 54.5 Å². The molecule has 1 aromatic carbocycles. The van der Waals surface area contributed by atoms with Gasteiger partial charge in [0, 0.05) is 5.56 Å². The number of benzene rings is 1. The van der Waals surface area contributed by atoms with Crippen molar-refractivity contribution in [3.05, 3.63) is 41.0 Å². The van der Waals surface area contributed by atoms with Gasteiger partial charge in [-0.25, -0.2) is 0 Å². The van der Waals surface area contributed by atoms with Crippen LogP contribution in [0.2, 0.25) is 5.02 Å². The monoisotopic (exact) mass is 244 g/mol. The van der Waals surface area contributed by atoms with E-state index >= 15 is 0 Å². The fourth-order valence-electron chi connectivity index (χ4n) is 1.80. The third-order valence-corrected chi connectivity index (χ3v) is 3.02. The zero-order valence-corrected chi connectivity index (χ0v) is 9.86. The van der Waals surface area contributed by atoms with Gasteiger partial charge in [0.25, 0.3) is 0 Å². The Labute approximate surface area is 103 Å². The van der Waals surface area contributed by atoms with Gasteiger partial charge >= 0.3 is 0 Å². The molecular weight excluding hydrogens is 236 g/mol. The molecular formula is C12H9ClN4. The van der Waals surface area contributed by atoms with E-state index in [1.807, 2.05) is 37.3 Å². The molecule has 3 rings (SSSR count). The first-order chi connectivity index (χ1) is 8.27. The third kappa shape index (κ3) is 1.57. The number of rotatable bonds is 1. The van der Waals surface area contributed by atoms with Crippen LogP contribution in [0.3, 0.4) is 0 Å². The molecule has 2 heterocycles. The molecule has 17 heavy (non-hydrogen) atoms. The SMILES string of the molecule is Cc1n[nH]c2nnc(-c3ccccc3)c(Cl)c12. The van der Waals surface area contributed by atoms with Crippen molar-refractivity contribution in [3.63, 3.8) is 0 Å². The highest BCUT2D eigenvalue weighted by Crippen LogP contribution is 2.31. The Morgan fingerprint density at radius 1 is 1.12 bits per heavy atom. The second-order valence-corrected chi connectivity index (χ2v) is 4.14. The first-order valence-corrected chi connectivity index (χ1v) is 5.57. The molecule has 2 aromatic heterocycles. The molecule has 0 fully saturated rings. The summed E-state index contributed by atoms with van der Waals surface area (Å²) in [5, 5.41) is 16.5. The fraction of sp³-hybridized carbons (Fsp3) is 0.0833. The van der Waals surface area contributed by atoms with Gasteiger partial charge in [0.2, 0.25) is 0 Å². The second kappa shape index (κ2) is 3.82. The molecule has 0 radical (unpaired) electrons. The average molecular weight is 245 g/mol. The van der Waals surface area contributed by atoms with E-state index in [9.17, 15) is 0 Å². The van der Waals surface area contributed by atoms with Crippen LogP contribution in [0, 0.1) is 6.92 Å². The maximum atomic E-state index is 6.36. The lowest BCUT2D eigenvalue weighted by Crippen LogP contribution is -1.90. The van der Waals surface area contributed by atoms with Crippen LogP contribution >= 0.6 is 11.6 Å². The van der Waals surface area contributed by atoms with Gasteiger partial charge in [-0.15, -0.1) is 10.2 Å². The van der Waals surface area contributed by atoms with Gasteiger partial charge in [-0.05, 0) is 6.92 Å². The molecule has 4 nitrogen and oxygen atoms in total. The first-order valence-electron chi connectivity index (χ1n) is 5.19. The fourth-order valence-corrected chi connectivity index (χ4v) is 2.17. The number of aromatic nitrogens is 4. The minimum absolute atomic E-state index is 0.590. The standard InChI is InChI=1S/C12H9ClN4/c1-7-9-10(13)11(8-5-3-2-4-6-8)15-17-12(9)16-14-7/h2-6H,1H3,(H,14,16,17). The largest absolute Gasteiger partial charge is 0.259 e. The summed E-state index contributed by atoms with van der Waals surface area (Å²) in [4.78, 5) is 0. The Morgan fingerprint density at radius 2 is 1.88 bits per heavy atom. The van der Waals surface area contributed by atoms with Crippen LogP contribution in [0.1, 0.15) is 5.69 Å². The highest BCUT2D eigenvalue weighted by atomic mass is 35.5. The molecule has 0 amide bonds. The molecule has 84 valence electrons. The van der Waals surface area contributed by atoms with Crippen LogP contribution in [-0.4, -0.2) is 20.4 Å². The summed E-state index contributed by atoms with van der Waals surface area (Å²) in [5.41, 5.74) is 3.08. The van der Waals surface area contributed by atoms with Crippen molar-refractivity contribution in [2.45, 2.75) is 6.92 Å². The van der Waals surface area contributed by atoms with Crippen LogP contribution < -0.4 is 0 Å². The zero-order valence-electron chi connectivity index (χ0n) is 9.11. The quantitative estimate of drug-likeness (QED) is 0.716. The minimum atomic E-state index is 0.590. The number of fused-ring (bicyclic) bond motifs is 1. The smallest absolute Gasteiger partial charge is 0.179 e. The molecule has 0 unspecified atom stereocenters. The van der Waals surface area contributed by atoms with Crippen LogP contribution in [0.15, 0.2) is 30.3 Å². The number of H-pyrrole nitrogens is 1. The van der Waals surface area contributed by atoms with Gasteiger partial charge < -0.3 is 0 Å². The highest BCUT2D eigenvalue weighted by Gasteiger charge is 2.14. The van der Waals surface area contributed by atoms with E-state index in [1.54, 1.807) is 0 Å². The molecule has 3 aromatic rings. The second-order valence-electron chi connectivity index (χ2n) is 3.76. The number of aromatic amines is 1. The van der Waals surface area contributed by atoms with Crippen molar-refractivity contribution in [1.82, 2.24) is 20.4 Å².